The molecule has 2 heterocycles. The first kappa shape index (κ1) is 22.4. The summed E-state index contributed by atoms with van der Waals surface area (Å²) in [5.74, 6) is 0.440. The Balaban J connectivity index is 0.000000817. The van der Waals surface area contributed by atoms with E-state index in [1.54, 1.807) is 11.3 Å². The molecule has 0 radical (unpaired) electrons. The Hall–Kier alpha value is -0.870. The Morgan fingerprint density at radius 3 is 2.33 bits per heavy atom. The van der Waals surface area contributed by atoms with Gasteiger partial charge < -0.3 is 4.74 Å². The summed E-state index contributed by atoms with van der Waals surface area (Å²) in [6, 6.07) is 2.11. The maximum absolute atomic E-state index is 12.8. The maximum atomic E-state index is 12.8. The van der Waals surface area contributed by atoms with Gasteiger partial charge in [0, 0.05) is 6.54 Å². The number of ether oxygens (including phenoxy) is 1. The quantitative estimate of drug-likeness (QED) is 0.535. The predicted molar refractivity (Wildman–Crippen MR) is 115 cm³/mol. The standard InChI is InChI=1S/C20H31NO2S.C3H8/c22-20(23-14-13-21-11-6-1-2-7-12-21)19(18-10-15-24-16-18)17-8-4-3-5-9-17;1-3-2/h10,15-17,19H,1-9,11-14H2;3H2,1-2H3/t19-;/m1./s1. The second-order valence-corrected chi connectivity index (χ2v) is 8.84. The number of nitrogens with zero attached hydrogens (tertiary/aromatic N) is 1. The van der Waals surface area contributed by atoms with Crippen LogP contribution in [0.5, 0.6) is 0 Å². The molecule has 2 fully saturated rings. The van der Waals surface area contributed by atoms with Crippen molar-refractivity contribution >= 4 is 17.3 Å². The molecular weight excluding hydrogens is 354 g/mol. The average molecular weight is 394 g/mol. The molecular formula is C23H39NO2S. The largest absolute Gasteiger partial charge is 0.464 e. The molecule has 1 atom stereocenters. The fourth-order valence-electron chi connectivity index (χ4n) is 4.25. The summed E-state index contributed by atoms with van der Waals surface area (Å²) in [5, 5.41) is 4.21. The highest BCUT2D eigenvalue weighted by Crippen LogP contribution is 2.37. The van der Waals surface area contributed by atoms with Crippen LogP contribution >= 0.6 is 11.3 Å². The number of rotatable bonds is 6. The van der Waals surface area contributed by atoms with Crippen LogP contribution in [0.4, 0.5) is 0 Å². The summed E-state index contributed by atoms with van der Waals surface area (Å²) in [6.45, 7) is 8.02. The van der Waals surface area contributed by atoms with Crippen molar-refractivity contribution < 1.29 is 9.53 Å². The SMILES string of the molecule is CCC.O=C(OCCN1CCCCCC1)[C@@H](c1ccsc1)C1CCCCC1. The molecule has 0 spiro atoms. The van der Waals surface area contributed by atoms with Crippen molar-refractivity contribution in [2.75, 3.05) is 26.2 Å². The smallest absolute Gasteiger partial charge is 0.313 e. The van der Waals surface area contributed by atoms with Crippen molar-refractivity contribution in [3.8, 4) is 0 Å². The van der Waals surface area contributed by atoms with Crippen LogP contribution in [0.2, 0.25) is 0 Å². The molecule has 1 aliphatic heterocycles. The number of hydrogen-bond donors (Lipinski definition) is 0. The highest BCUT2D eigenvalue weighted by atomic mass is 32.1. The van der Waals surface area contributed by atoms with E-state index in [0.29, 0.717) is 12.5 Å². The Bertz CT molecular complexity index is 488. The molecule has 1 aromatic rings. The zero-order chi connectivity index (χ0) is 19.3. The molecule has 3 nitrogen and oxygen atoms in total. The van der Waals surface area contributed by atoms with Crippen LogP contribution in [-0.2, 0) is 9.53 Å². The Kier molecular flexibility index (Phi) is 11.1. The topological polar surface area (TPSA) is 29.5 Å². The van der Waals surface area contributed by atoms with Crippen molar-refractivity contribution in [1.29, 1.82) is 0 Å². The lowest BCUT2D eigenvalue weighted by atomic mass is 9.77. The van der Waals surface area contributed by atoms with Gasteiger partial charge in [0.15, 0.2) is 0 Å². The molecule has 2 aliphatic rings. The van der Waals surface area contributed by atoms with Gasteiger partial charge in [0.1, 0.15) is 6.61 Å². The van der Waals surface area contributed by atoms with Gasteiger partial charge in [0.25, 0.3) is 0 Å². The van der Waals surface area contributed by atoms with Gasteiger partial charge in [0.2, 0.25) is 0 Å². The van der Waals surface area contributed by atoms with E-state index in [1.807, 2.05) is 0 Å². The first-order valence-corrected chi connectivity index (χ1v) is 12.1. The molecule has 4 heteroatoms. The highest BCUT2D eigenvalue weighted by Gasteiger charge is 2.32. The summed E-state index contributed by atoms with van der Waals surface area (Å²) in [6.07, 6.45) is 12.7. The molecule has 0 amide bonds. The van der Waals surface area contributed by atoms with Crippen LogP contribution in [0.25, 0.3) is 0 Å². The number of carbonyl (C=O) groups excluding carboxylic acids is 1. The van der Waals surface area contributed by atoms with Crippen LogP contribution in [0.1, 0.15) is 89.5 Å². The van der Waals surface area contributed by atoms with E-state index >= 15 is 0 Å². The molecule has 154 valence electrons. The Morgan fingerprint density at radius 2 is 1.74 bits per heavy atom. The molecule has 1 aliphatic carbocycles. The summed E-state index contributed by atoms with van der Waals surface area (Å²) in [4.78, 5) is 15.3. The number of thiophene rings is 1. The lowest BCUT2D eigenvalue weighted by molar-refractivity contribution is -0.147. The van der Waals surface area contributed by atoms with Gasteiger partial charge in [-0.15, -0.1) is 0 Å². The molecule has 0 unspecified atom stereocenters. The zero-order valence-electron chi connectivity index (χ0n) is 17.5. The first-order chi connectivity index (χ1) is 13.3. The molecule has 0 N–H and O–H groups in total. The van der Waals surface area contributed by atoms with Gasteiger partial charge in [-0.2, -0.15) is 11.3 Å². The Morgan fingerprint density at radius 1 is 1.11 bits per heavy atom. The normalized spacial score (nSPS) is 20.2. The Labute approximate surface area is 170 Å². The fourth-order valence-corrected chi connectivity index (χ4v) is 4.94. The molecule has 0 aromatic carbocycles. The third-order valence-electron chi connectivity index (χ3n) is 5.63. The van der Waals surface area contributed by atoms with Crippen molar-refractivity contribution in [3.63, 3.8) is 0 Å². The zero-order valence-corrected chi connectivity index (χ0v) is 18.3. The van der Waals surface area contributed by atoms with Gasteiger partial charge in [0.05, 0.1) is 5.92 Å². The minimum Gasteiger partial charge on any atom is -0.464 e. The van der Waals surface area contributed by atoms with Gasteiger partial charge in [-0.3, -0.25) is 9.69 Å². The van der Waals surface area contributed by atoms with E-state index in [0.717, 1.165) is 19.6 Å². The number of carbonyl (C=O) groups is 1. The highest BCUT2D eigenvalue weighted by molar-refractivity contribution is 7.08. The van der Waals surface area contributed by atoms with Gasteiger partial charge >= 0.3 is 5.97 Å². The van der Waals surface area contributed by atoms with E-state index in [4.69, 9.17) is 4.74 Å². The number of esters is 1. The molecule has 1 aromatic heterocycles. The lowest BCUT2D eigenvalue weighted by Crippen LogP contribution is -2.31. The van der Waals surface area contributed by atoms with Crippen molar-refractivity contribution in [2.24, 2.45) is 5.92 Å². The van der Waals surface area contributed by atoms with E-state index in [1.165, 1.54) is 69.8 Å². The number of hydrogen-bond acceptors (Lipinski definition) is 4. The van der Waals surface area contributed by atoms with Crippen molar-refractivity contribution in [3.05, 3.63) is 22.4 Å². The van der Waals surface area contributed by atoms with Gasteiger partial charge in [-0.25, -0.2) is 0 Å². The van der Waals surface area contributed by atoms with Crippen LogP contribution in [-0.4, -0.2) is 37.1 Å². The van der Waals surface area contributed by atoms with E-state index in [-0.39, 0.29) is 11.9 Å². The maximum Gasteiger partial charge on any atom is 0.313 e. The molecule has 0 bridgehead atoms. The fraction of sp³-hybridized carbons (Fsp3) is 0.783. The van der Waals surface area contributed by atoms with Crippen LogP contribution in [0.15, 0.2) is 16.8 Å². The predicted octanol–water partition coefficient (Wildman–Crippen LogP) is 6.25. The summed E-state index contributed by atoms with van der Waals surface area (Å²) >= 11 is 1.68. The molecule has 27 heavy (non-hydrogen) atoms. The van der Waals surface area contributed by atoms with Crippen LogP contribution in [0.3, 0.4) is 0 Å². The second-order valence-electron chi connectivity index (χ2n) is 8.06. The van der Waals surface area contributed by atoms with Crippen molar-refractivity contribution in [2.45, 2.75) is 84.0 Å². The van der Waals surface area contributed by atoms with E-state index in [9.17, 15) is 4.79 Å². The van der Waals surface area contributed by atoms with E-state index < -0.39 is 0 Å². The minimum atomic E-state index is -0.0410. The lowest BCUT2D eigenvalue weighted by Gasteiger charge is -2.29. The monoisotopic (exact) mass is 393 g/mol. The van der Waals surface area contributed by atoms with Crippen LogP contribution < -0.4 is 0 Å². The molecule has 1 saturated heterocycles. The van der Waals surface area contributed by atoms with Crippen LogP contribution in [0, 0.1) is 5.92 Å². The summed E-state index contributed by atoms with van der Waals surface area (Å²) in [5.41, 5.74) is 1.17. The average Bonchev–Trinajstić information content (AvgIpc) is 3.07. The minimum absolute atomic E-state index is 0.00937. The third-order valence-corrected chi connectivity index (χ3v) is 6.33. The van der Waals surface area contributed by atoms with Crippen molar-refractivity contribution in [1.82, 2.24) is 4.90 Å². The summed E-state index contributed by atoms with van der Waals surface area (Å²) < 4.78 is 5.75. The van der Waals surface area contributed by atoms with Gasteiger partial charge in [-0.05, 0) is 67.1 Å². The van der Waals surface area contributed by atoms with E-state index in [2.05, 4.69) is 35.6 Å². The second kappa shape index (κ2) is 13.3. The first-order valence-electron chi connectivity index (χ1n) is 11.2. The molecule has 3 rings (SSSR count). The number of likely N-dealkylation sites (tertiary alicyclic amines) is 1. The summed E-state index contributed by atoms with van der Waals surface area (Å²) in [7, 11) is 0. The molecule has 1 saturated carbocycles. The third kappa shape index (κ3) is 7.95. The van der Waals surface area contributed by atoms with Gasteiger partial charge in [-0.1, -0.05) is 52.4 Å².